The van der Waals surface area contributed by atoms with E-state index in [2.05, 4.69) is 12.2 Å². The molecule has 3 N–H and O–H groups in total. The number of rotatable bonds is 1. The van der Waals surface area contributed by atoms with E-state index >= 15 is 0 Å². The van der Waals surface area contributed by atoms with Crippen molar-refractivity contribution in [3.05, 3.63) is 28.8 Å². The van der Waals surface area contributed by atoms with E-state index in [-0.39, 0.29) is 10.7 Å². The second kappa shape index (κ2) is 3.07. The van der Waals surface area contributed by atoms with Crippen molar-refractivity contribution in [1.29, 1.82) is 0 Å². The van der Waals surface area contributed by atoms with Crippen molar-refractivity contribution in [3.8, 4) is 5.75 Å². The zero-order valence-electron chi connectivity index (χ0n) is 5.54. The first kappa shape index (κ1) is 8.30. The van der Waals surface area contributed by atoms with Crippen LogP contribution in [0.1, 0.15) is 5.56 Å². The highest BCUT2D eigenvalue weighted by Crippen LogP contribution is 2.21. The maximum absolute atomic E-state index is 9.21. The van der Waals surface area contributed by atoms with Crippen molar-refractivity contribution in [3.63, 3.8) is 0 Å². The summed E-state index contributed by atoms with van der Waals surface area (Å²) in [6.45, 7) is 0. The normalized spacial score (nSPS) is 9.55. The average Bonchev–Trinajstić information content (AvgIpc) is 1.85. The van der Waals surface area contributed by atoms with Gasteiger partial charge in [0, 0.05) is 5.02 Å². The van der Waals surface area contributed by atoms with Crippen LogP contribution in [0, 0.1) is 0 Å². The van der Waals surface area contributed by atoms with E-state index in [1.165, 1.54) is 6.07 Å². The fraction of sp³-hybridized carbons (Fsp3) is 0. The van der Waals surface area contributed by atoms with Crippen molar-refractivity contribution in [2.24, 2.45) is 5.73 Å². The molecule has 0 heterocycles. The third-order valence-electron chi connectivity index (χ3n) is 1.23. The van der Waals surface area contributed by atoms with E-state index in [9.17, 15) is 5.11 Å². The van der Waals surface area contributed by atoms with Gasteiger partial charge in [-0.05, 0) is 18.2 Å². The predicted octanol–water partition coefficient (Wildman–Crippen LogP) is 1.68. The van der Waals surface area contributed by atoms with Crippen LogP contribution in [-0.4, -0.2) is 10.1 Å². The summed E-state index contributed by atoms with van der Waals surface area (Å²) in [7, 11) is 0. The van der Waals surface area contributed by atoms with Crippen LogP contribution in [0.4, 0.5) is 0 Å². The molecule has 1 aromatic carbocycles. The number of halogens is 1. The minimum absolute atomic E-state index is 0.0185. The Bertz CT molecular complexity index is 300. The molecule has 0 atom stereocenters. The Morgan fingerprint density at radius 3 is 2.64 bits per heavy atom. The van der Waals surface area contributed by atoms with Gasteiger partial charge in [-0.1, -0.05) is 23.8 Å². The second-order valence-electron chi connectivity index (χ2n) is 2.03. The molecule has 0 amide bonds. The molecule has 0 aliphatic carbocycles. The molecule has 0 spiro atoms. The number of nitrogens with two attached hydrogens (primary N) is 1. The summed E-state index contributed by atoms with van der Waals surface area (Å²) in [5, 5.41) is 9.67. The predicted molar refractivity (Wildman–Crippen MR) is 49.0 cm³/mol. The van der Waals surface area contributed by atoms with Gasteiger partial charge in [0.25, 0.3) is 0 Å². The number of hydrogen-bond acceptors (Lipinski definition) is 2. The number of thiocarbonyl (C=S) groups is 1. The van der Waals surface area contributed by atoms with E-state index < -0.39 is 0 Å². The highest BCUT2D eigenvalue weighted by Gasteiger charge is 2.02. The monoisotopic (exact) mass is 187 g/mol. The number of aromatic hydroxyl groups is 1. The lowest BCUT2D eigenvalue weighted by atomic mass is 10.2. The SMILES string of the molecule is NC(=S)c1ccc(Cl)cc1O. The first-order valence-electron chi connectivity index (χ1n) is 2.89. The molecule has 11 heavy (non-hydrogen) atoms. The van der Waals surface area contributed by atoms with Gasteiger partial charge in [0.1, 0.15) is 10.7 Å². The van der Waals surface area contributed by atoms with Gasteiger partial charge < -0.3 is 10.8 Å². The number of phenolic OH excluding ortho intramolecular Hbond substituents is 1. The summed E-state index contributed by atoms with van der Waals surface area (Å²) in [5.74, 6) is 0.0185. The fourth-order valence-electron chi connectivity index (χ4n) is 0.713. The number of benzene rings is 1. The number of phenols is 1. The topological polar surface area (TPSA) is 46.2 Å². The fourth-order valence-corrected chi connectivity index (χ4v) is 1.05. The molecule has 0 saturated carbocycles. The summed E-state index contributed by atoms with van der Waals surface area (Å²) < 4.78 is 0. The highest BCUT2D eigenvalue weighted by molar-refractivity contribution is 7.80. The van der Waals surface area contributed by atoms with Crippen molar-refractivity contribution in [2.45, 2.75) is 0 Å². The standard InChI is InChI=1S/C7H6ClNOS/c8-4-1-2-5(7(9)11)6(10)3-4/h1-3,10H,(H2,9,11). The van der Waals surface area contributed by atoms with Crippen LogP contribution in [0.25, 0.3) is 0 Å². The van der Waals surface area contributed by atoms with Gasteiger partial charge >= 0.3 is 0 Å². The van der Waals surface area contributed by atoms with E-state index in [0.29, 0.717) is 10.6 Å². The smallest absolute Gasteiger partial charge is 0.127 e. The largest absolute Gasteiger partial charge is 0.507 e. The summed E-state index contributed by atoms with van der Waals surface area (Å²) in [4.78, 5) is 0.166. The highest BCUT2D eigenvalue weighted by atomic mass is 35.5. The van der Waals surface area contributed by atoms with E-state index in [0.717, 1.165) is 0 Å². The van der Waals surface area contributed by atoms with Crippen LogP contribution >= 0.6 is 23.8 Å². The van der Waals surface area contributed by atoms with Gasteiger partial charge in [0.15, 0.2) is 0 Å². The molecule has 0 aliphatic heterocycles. The molecule has 0 bridgehead atoms. The molecule has 58 valence electrons. The summed E-state index contributed by atoms with van der Waals surface area (Å²) in [6.07, 6.45) is 0. The molecule has 0 saturated heterocycles. The molecule has 0 fully saturated rings. The Hall–Kier alpha value is -0.800. The second-order valence-corrected chi connectivity index (χ2v) is 2.90. The van der Waals surface area contributed by atoms with Gasteiger partial charge in [0.05, 0.1) is 5.56 Å². The van der Waals surface area contributed by atoms with Crippen LogP contribution in [0.15, 0.2) is 18.2 Å². The molecule has 0 radical (unpaired) electrons. The van der Waals surface area contributed by atoms with Crippen LogP contribution < -0.4 is 5.73 Å². The number of hydrogen-bond donors (Lipinski definition) is 2. The van der Waals surface area contributed by atoms with Gasteiger partial charge in [-0.15, -0.1) is 0 Å². The molecule has 1 rings (SSSR count). The minimum atomic E-state index is 0.0185. The van der Waals surface area contributed by atoms with Crippen molar-refractivity contribution >= 4 is 28.8 Å². The molecular formula is C7H6ClNOS. The Morgan fingerprint density at radius 1 is 1.55 bits per heavy atom. The molecular weight excluding hydrogens is 182 g/mol. The van der Waals surface area contributed by atoms with E-state index in [4.69, 9.17) is 17.3 Å². The van der Waals surface area contributed by atoms with Crippen molar-refractivity contribution in [2.75, 3.05) is 0 Å². The van der Waals surface area contributed by atoms with Gasteiger partial charge in [0.2, 0.25) is 0 Å². The van der Waals surface area contributed by atoms with E-state index in [1.807, 2.05) is 0 Å². The van der Waals surface area contributed by atoms with Crippen LogP contribution in [0.2, 0.25) is 5.02 Å². The summed E-state index contributed by atoms with van der Waals surface area (Å²) >= 11 is 10.2. The zero-order chi connectivity index (χ0) is 8.43. The average molecular weight is 188 g/mol. The van der Waals surface area contributed by atoms with E-state index in [1.54, 1.807) is 12.1 Å². The molecule has 0 unspecified atom stereocenters. The molecule has 4 heteroatoms. The Kier molecular flexibility index (Phi) is 2.31. The Balaban J connectivity index is 3.20. The first-order valence-corrected chi connectivity index (χ1v) is 3.68. The Morgan fingerprint density at radius 2 is 2.18 bits per heavy atom. The Labute approximate surface area is 74.6 Å². The summed E-state index contributed by atoms with van der Waals surface area (Å²) in [5.41, 5.74) is 5.74. The van der Waals surface area contributed by atoms with Gasteiger partial charge in [-0.25, -0.2) is 0 Å². The zero-order valence-corrected chi connectivity index (χ0v) is 7.12. The molecule has 0 aliphatic rings. The van der Waals surface area contributed by atoms with Crippen LogP contribution in [-0.2, 0) is 0 Å². The maximum Gasteiger partial charge on any atom is 0.127 e. The molecule has 2 nitrogen and oxygen atoms in total. The first-order chi connectivity index (χ1) is 5.11. The van der Waals surface area contributed by atoms with Gasteiger partial charge in [-0.2, -0.15) is 0 Å². The quantitative estimate of drug-likeness (QED) is 0.658. The van der Waals surface area contributed by atoms with Crippen LogP contribution in [0.5, 0.6) is 5.75 Å². The van der Waals surface area contributed by atoms with Crippen molar-refractivity contribution < 1.29 is 5.11 Å². The third kappa shape index (κ3) is 1.82. The maximum atomic E-state index is 9.21. The molecule has 0 aromatic heterocycles. The van der Waals surface area contributed by atoms with Crippen LogP contribution in [0.3, 0.4) is 0 Å². The third-order valence-corrected chi connectivity index (χ3v) is 1.68. The van der Waals surface area contributed by atoms with Gasteiger partial charge in [-0.3, -0.25) is 0 Å². The minimum Gasteiger partial charge on any atom is -0.507 e. The lowest BCUT2D eigenvalue weighted by Crippen LogP contribution is -2.09. The summed E-state index contributed by atoms with van der Waals surface area (Å²) in [6, 6.07) is 4.60. The lowest BCUT2D eigenvalue weighted by Gasteiger charge is -2.00. The van der Waals surface area contributed by atoms with Crippen molar-refractivity contribution in [1.82, 2.24) is 0 Å². The lowest BCUT2D eigenvalue weighted by molar-refractivity contribution is 0.474. The molecule has 1 aromatic rings.